The van der Waals surface area contributed by atoms with Crippen molar-refractivity contribution in [1.29, 1.82) is 0 Å². The Morgan fingerprint density at radius 2 is 1.81 bits per heavy atom. The molecule has 1 amide bonds. The molecule has 1 spiro atoms. The lowest BCUT2D eigenvalue weighted by atomic mass is 9.65. The molecule has 0 aromatic heterocycles. The Bertz CT molecular complexity index is 618. The third kappa shape index (κ3) is 2.13. The Kier molecular flexibility index (Phi) is 3.08. The third-order valence-corrected chi connectivity index (χ3v) is 4.58. The predicted molar refractivity (Wildman–Crippen MR) is 84.2 cm³/mol. The molecule has 2 aliphatic rings. The van der Waals surface area contributed by atoms with Gasteiger partial charge < -0.3 is 5.32 Å². The van der Waals surface area contributed by atoms with Gasteiger partial charge in [-0.2, -0.15) is 0 Å². The zero-order valence-corrected chi connectivity index (χ0v) is 13.2. The fourth-order valence-electron chi connectivity index (χ4n) is 3.41. The molecule has 0 saturated carbocycles. The van der Waals surface area contributed by atoms with E-state index in [4.69, 9.17) is 0 Å². The average Bonchev–Trinajstić information content (AvgIpc) is 2.71. The summed E-state index contributed by atoms with van der Waals surface area (Å²) in [6.45, 7) is 8.50. The molecule has 21 heavy (non-hydrogen) atoms. The van der Waals surface area contributed by atoms with Crippen molar-refractivity contribution in [3.8, 4) is 0 Å². The zero-order chi connectivity index (χ0) is 15.3. The van der Waals surface area contributed by atoms with E-state index < -0.39 is 5.54 Å². The van der Waals surface area contributed by atoms with E-state index in [1.165, 1.54) is 5.56 Å². The lowest BCUT2D eigenvalue weighted by Gasteiger charge is -2.41. The van der Waals surface area contributed by atoms with Crippen LogP contribution in [0, 0.1) is 0 Å². The smallest absolute Gasteiger partial charge is 0.257 e. The number of carbonyl (C=O) groups is 1. The summed E-state index contributed by atoms with van der Waals surface area (Å²) < 4.78 is 0. The van der Waals surface area contributed by atoms with Crippen LogP contribution in [0.4, 0.5) is 0 Å². The van der Waals surface area contributed by atoms with Crippen LogP contribution in [0.3, 0.4) is 0 Å². The highest BCUT2D eigenvalue weighted by molar-refractivity contribution is 6.09. The summed E-state index contributed by atoms with van der Waals surface area (Å²) in [5, 5.41) is 6.28. The molecule has 1 unspecified atom stereocenters. The number of hydrogen-bond donors (Lipinski definition) is 2. The van der Waals surface area contributed by atoms with Gasteiger partial charge in [-0.25, -0.2) is 0 Å². The van der Waals surface area contributed by atoms with E-state index in [9.17, 15) is 4.79 Å². The zero-order valence-electron chi connectivity index (χ0n) is 13.2. The molecule has 1 aliphatic carbocycles. The van der Waals surface area contributed by atoms with Crippen LogP contribution in [0.1, 0.15) is 51.7 Å². The number of rotatable bonds is 1. The van der Waals surface area contributed by atoms with Gasteiger partial charge in [0.25, 0.3) is 5.91 Å². The van der Waals surface area contributed by atoms with Crippen LogP contribution in [0.15, 0.2) is 29.3 Å². The lowest BCUT2D eigenvalue weighted by Crippen LogP contribution is -2.49. The van der Waals surface area contributed by atoms with Crippen LogP contribution < -0.4 is 10.6 Å². The largest absolute Gasteiger partial charge is 0.338 e. The van der Waals surface area contributed by atoms with Crippen molar-refractivity contribution in [2.24, 2.45) is 4.99 Å². The lowest BCUT2D eigenvalue weighted by molar-refractivity contribution is -0.125. The Morgan fingerprint density at radius 1 is 1.14 bits per heavy atom. The van der Waals surface area contributed by atoms with Crippen molar-refractivity contribution in [2.75, 3.05) is 0 Å². The van der Waals surface area contributed by atoms with Crippen LogP contribution in [-0.2, 0) is 15.7 Å². The molecule has 1 aromatic carbocycles. The number of aliphatic imine (C=N–C) groups is 1. The number of amides is 1. The Hall–Kier alpha value is -1.84. The minimum Gasteiger partial charge on any atom is -0.338 e. The predicted octanol–water partition coefficient (Wildman–Crippen LogP) is 2.44. The van der Waals surface area contributed by atoms with Gasteiger partial charge in [-0.1, -0.05) is 38.1 Å². The molecule has 1 fully saturated rings. The highest BCUT2D eigenvalue weighted by Crippen LogP contribution is 2.45. The van der Waals surface area contributed by atoms with Gasteiger partial charge in [0.05, 0.1) is 0 Å². The summed E-state index contributed by atoms with van der Waals surface area (Å²) in [4.78, 5) is 17.1. The minimum atomic E-state index is -0.653. The van der Waals surface area contributed by atoms with Crippen LogP contribution in [-0.4, -0.2) is 17.9 Å². The first kappa shape index (κ1) is 14.1. The van der Waals surface area contributed by atoms with Crippen molar-refractivity contribution in [3.63, 3.8) is 0 Å². The first-order chi connectivity index (χ1) is 9.85. The molecule has 3 rings (SSSR count). The molecule has 1 heterocycles. The number of nitrogens with one attached hydrogen (secondary N) is 2. The first-order valence-corrected chi connectivity index (χ1v) is 7.63. The Balaban J connectivity index is 2.10. The number of hydrogen-bond acceptors (Lipinski definition) is 2. The Morgan fingerprint density at radius 3 is 2.48 bits per heavy atom. The van der Waals surface area contributed by atoms with Crippen molar-refractivity contribution in [3.05, 3.63) is 35.4 Å². The standard InChI is InChI=1S/C17H23N3O/c1-11(2)18-15-19-14(21)17(20-15)10-9-16(3,4)12-7-5-6-8-13(12)17/h5-8,11H,9-10H2,1-4H3,(H2,18,19,20,21). The van der Waals surface area contributed by atoms with E-state index in [-0.39, 0.29) is 17.4 Å². The highest BCUT2D eigenvalue weighted by Gasteiger charge is 2.52. The molecule has 1 saturated heterocycles. The maximum absolute atomic E-state index is 12.7. The van der Waals surface area contributed by atoms with Gasteiger partial charge in [-0.3, -0.25) is 15.1 Å². The van der Waals surface area contributed by atoms with Crippen LogP contribution in [0.25, 0.3) is 0 Å². The van der Waals surface area contributed by atoms with Crippen molar-refractivity contribution in [2.45, 2.75) is 57.5 Å². The summed E-state index contributed by atoms with van der Waals surface area (Å²) >= 11 is 0. The third-order valence-electron chi connectivity index (χ3n) is 4.58. The molecule has 4 heteroatoms. The van der Waals surface area contributed by atoms with Gasteiger partial charge in [0, 0.05) is 6.04 Å². The molecule has 4 nitrogen and oxygen atoms in total. The molecule has 1 aliphatic heterocycles. The van der Waals surface area contributed by atoms with E-state index in [2.05, 4.69) is 47.7 Å². The molecular formula is C17H23N3O. The van der Waals surface area contributed by atoms with E-state index >= 15 is 0 Å². The van der Waals surface area contributed by atoms with E-state index in [0.29, 0.717) is 5.96 Å². The van der Waals surface area contributed by atoms with E-state index in [0.717, 1.165) is 18.4 Å². The van der Waals surface area contributed by atoms with Gasteiger partial charge in [-0.05, 0) is 43.2 Å². The van der Waals surface area contributed by atoms with Crippen LogP contribution >= 0.6 is 0 Å². The van der Waals surface area contributed by atoms with Gasteiger partial charge in [0.1, 0.15) is 5.54 Å². The van der Waals surface area contributed by atoms with Gasteiger partial charge in [-0.15, -0.1) is 0 Å². The first-order valence-electron chi connectivity index (χ1n) is 7.63. The number of carbonyl (C=O) groups excluding carboxylic acids is 1. The second kappa shape index (κ2) is 4.58. The maximum atomic E-state index is 12.7. The SMILES string of the molecule is CC(C)N=C1NC(=O)C2(CCC(C)(C)c3ccccc32)N1. The number of guanidine groups is 1. The normalized spacial score (nSPS) is 28.6. The molecule has 1 atom stereocenters. The molecular weight excluding hydrogens is 262 g/mol. The second-order valence-electron chi connectivity index (χ2n) is 6.99. The molecule has 0 bridgehead atoms. The van der Waals surface area contributed by atoms with Gasteiger partial charge in [0.15, 0.2) is 5.96 Å². The molecule has 1 aromatic rings. The number of nitrogens with zero attached hydrogens (tertiary/aromatic N) is 1. The molecule has 2 N–H and O–H groups in total. The summed E-state index contributed by atoms with van der Waals surface area (Å²) in [6, 6.07) is 8.42. The Labute approximate surface area is 126 Å². The summed E-state index contributed by atoms with van der Waals surface area (Å²) in [5.74, 6) is 0.620. The van der Waals surface area contributed by atoms with Gasteiger partial charge >= 0.3 is 0 Å². The molecule has 0 radical (unpaired) electrons. The monoisotopic (exact) mass is 285 g/mol. The minimum absolute atomic E-state index is 0.0184. The fraction of sp³-hybridized carbons (Fsp3) is 0.529. The average molecular weight is 285 g/mol. The quantitative estimate of drug-likeness (QED) is 0.832. The second-order valence-corrected chi connectivity index (χ2v) is 6.99. The highest BCUT2D eigenvalue weighted by atomic mass is 16.2. The van der Waals surface area contributed by atoms with Crippen LogP contribution in [0.2, 0.25) is 0 Å². The number of benzene rings is 1. The van der Waals surface area contributed by atoms with Crippen molar-refractivity contribution >= 4 is 11.9 Å². The topological polar surface area (TPSA) is 53.5 Å². The molecule has 112 valence electrons. The number of fused-ring (bicyclic) bond motifs is 2. The van der Waals surface area contributed by atoms with E-state index in [1.807, 2.05) is 19.9 Å². The summed E-state index contributed by atoms with van der Waals surface area (Å²) in [5.41, 5.74) is 1.79. The van der Waals surface area contributed by atoms with E-state index in [1.54, 1.807) is 0 Å². The van der Waals surface area contributed by atoms with Gasteiger partial charge in [0.2, 0.25) is 0 Å². The van der Waals surface area contributed by atoms with Crippen molar-refractivity contribution in [1.82, 2.24) is 10.6 Å². The maximum Gasteiger partial charge on any atom is 0.257 e. The fourth-order valence-corrected chi connectivity index (χ4v) is 3.41. The van der Waals surface area contributed by atoms with Crippen molar-refractivity contribution < 1.29 is 4.79 Å². The summed E-state index contributed by atoms with van der Waals surface area (Å²) in [7, 11) is 0. The summed E-state index contributed by atoms with van der Waals surface area (Å²) in [6.07, 6.45) is 1.76. The van der Waals surface area contributed by atoms with Crippen LogP contribution in [0.5, 0.6) is 0 Å².